The topological polar surface area (TPSA) is 26.3 Å². The zero-order valence-electron chi connectivity index (χ0n) is 17.1. The van der Waals surface area contributed by atoms with Gasteiger partial charge in [0.25, 0.3) is 0 Å². The van der Waals surface area contributed by atoms with Crippen molar-refractivity contribution >= 4 is 5.97 Å². The van der Waals surface area contributed by atoms with Crippen LogP contribution < -0.4 is 0 Å². The summed E-state index contributed by atoms with van der Waals surface area (Å²) in [5.41, 5.74) is 0. The van der Waals surface area contributed by atoms with Gasteiger partial charge in [0.15, 0.2) is 0 Å². The molecule has 3 unspecified atom stereocenters. The summed E-state index contributed by atoms with van der Waals surface area (Å²) in [7, 11) is 0. The van der Waals surface area contributed by atoms with E-state index in [0.717, 1.165) is 43.4 Å². The lowest BCUT2D eigenvalue weighted by Gasteiger charge is -2.31. The van der Waals surface area contributed by atoms with E-state index in [1.54, 1.807) is 0 Å². The molecule has 0 heterocycles. The molecule has 0 aromatic carbocycles. The van der Waals surface area contributed by atoms with E-state index in [1.807, 2.05) is 6.92 Å². The van der Waals surface area contributed by atoms with Gasteiger partial charge < -0.3 is 4.74 Å². The van der Waals surface area contributed by atoms with Gasteiger partial charge in [-0.2, -0.15) is 0 Å². The quantitative estimate of drug-likeness (QED) is 0.418. The van der Waals surface area contributed by atoms with E-state index >= 15 is 0 Å². The third-order valence-electron chi connectivity index (χ3n) is 6.13. The van der Waals surface area contributed by atoms with Crippen LogP contribution >= 0.6 is 0 Å². The molecule has 0 N–H and O–H groups in total. The zero-order valence-corrected chi connectivity index (χ0v) is 17.1. The summed E-state index contributed by atoms with van der Waals surface area (Å²) < 4.78 is 5.71. The Bertz CT molecular complexity index is 342. The van der Waals surface area contributed by atoms with Gasteiger partial charge >= 0.3 is 5.97 Å². The maximum atomic E-state index is 12.4. The molecule has 0 aromatic rings. The van der Waals surface area contributed by atoms with Gasteiger partial charge in [-0.1, -0.05) is 47.5 Å². The average molecular weight is 339 g/mol. The van der Waals surface area contributed by atoms with Crippen molar-refractivity contribution in [1.82, 2.24) is 0 Å². The van der Waals surface area contributed by atoms with Crippen LogP contribution in [-0.4, -0.2) is 12.1 Å². The number of rotatable bonds is 10. The predicted octanol–water partition coefficient (Wildman–Crippen LogP) is 6.62. The van der Waals surface area contributed by atoms with Crippen LogP contribution in [0.1, 0.15) is 99.3 Å². The van der Waals surface area contributed by atoms with Gasteiger partial charge in [0, 0.05) is 0 Å². The SMILES string of the molecule is CCC(CCC(C)C1CCC(C)CC1)C(=O)OC(C)CCC(C)C. The molecule has 0 amide bonds. The van der Waals surface area contributed by atoms with Gasteiger partial charge in [-0.3, -0.25) is 4.79 Å². The van der Waals surface area contributed by atoms with E-state index in [-0.39, 0.29) is 18.0 Å². The molecule has 1 aliphatic carbocycles. The Hall–Kier alpha value is -0.530. The van der Waals surface area contributed by atoms with Gasteiger partial charge in [0.05, 0.1) is 12.0 Å². The van der Waals surface area contributed by atoms with Crippen LogP contribution in [0.4, 0.5) is 0 Å². The molecule has 1 rings (SSSR count). The second kappa shape index (κ2) is 11.2. The van der Waals surface area contributed by atoms with E-state index in [4.69, 9.17) is 4.74 Å². The largest absolute Gasteiger partial charge is 0.462 e. The third-order valence-corrected chi connectivity index (χ3v) is 6.13. The molecule has 24 heavy (non-hydrogen) atoms. The highest BCUT2D eigenvalue weighted by molar-refractivity contribution is 5.72. The summed E-state index contributed by atoms with van der Waals surface area (Å²) in [5.74, 6) is 3.35. The highest BCUT2D eigenvalue weighted by Crippen LogP contribution is 2.35. The molecule has 1 saturated carbocycles. The van der Waals surface area contributed by atoms with Crippen molar-refractivity contribution in [2.45, 2.75) is 105 Å². The van der Waals surface area contributed by atoms with E-state index in [0.29, 0.717) is 5.92 Å². The highest BCUT2D eigenvalue weighted by Gasteiger charge is 2.26. The van der Waals surface area contributed by atoms with Crippen molar-refractivity contribution in [2.75, 3.05) is 0 Å². The average Bonchev–Trinajstić information content (AvgIpc) is 2.54. The Morgan fingerprint density at radius 3 is 2.12 bits per heavy atom. The highest BCUT2D eigenvalue weighted by atomic mass is 16.5. The molecular weight excluding hydrogens is 296 g/mol. The minimum atomic E-state index is 0.0400. The first-order valence-corrected chi connectivity index (χ1v) is 10.5. The zero-order chi connectivity index (χ0) is 18.1. The third kappa shape index (κ3) is 8.03. The van der Waals surface area contributed by atoms with Gasteiger partial charge in [0.1, 0.15) is 0 Å². The second-order valence-electron chi connectivity index (χ2n) is 8.90. The summed E-state index contributed by atoms with van der Waals surface area (Å²) >= 11 is 0. The van der Waals surface area contributed by atoms with Crippen LogP contribution in [0.5, 0.6) is 0 Å². The molecule has 1 aliphatic rings. The molecule has 1 fully saturated rings. The van der Waals surface area contributed by atoms with Gasteiger partial charge in [-0.15, -0.1) is 0 Å². The molecule has 0 bridgehead atoms. The first kappa shape index (κ1) is 21.5. The Morgan fingerprint density at radius 2 is 1.58 bits per heavy atom. The lowest BCUT2D eigenvalue weighted by Crippen LogP contribution is -2.24. The maximum absolute atomic E-state index is 12.4. The van der Waals surface area contributed by atoms with Crippen LogP contribution in [0.3, 0.4) is 0 Å². The number of esters is 1. The van der Waals surface area contributed by atoms with E-state index in [2.05, 4.69) is 34.6 Å². The number of hydrogen-bond acceptors (Lipinski definition) is 2. The first-order valence-electron chi connectivity index (χ1n) is 10.5. The molecule has 0 aromatic heterocycles. The Balaban J connectivity index is 2.33. The molecule has 0 saturated heterocycles. The van der Waals surface area contributed by atoms with Crippen LogP contribution in [0, 0.1) is 29.6 Å². The fourth-order valence-corrected chi connectivity index (χ4v) is 3.96. The Morgan fingerprint density at radius 1 is 0.958 bits per heavy atom. The van der Waals surface area contributed by atoms with E-state index in [9.17, 15) is 4.79 Å². The van der Waals surface area contributed by atoms with Crippen LogP contribution in [0.25, 0.3) is 0 Å². The Kier molecular flexibility index (Phi) is 10.0. The molecule has 142 valence electrons. The van der Waals surface area contributed by atoms with Crippen molar-refractivity contribution < 1.29 is 9.53 Å². The number of carbonyl (C=O) groups excluding carboxylic acids is 1. The lowest BCUT2D eigenvalue weighted by molar-refractivity contribution is -0.154. The smallest absolute Gasteiger partial charge is 0.309 e. The van der Waals surface area contributed by atoms with Crippen molar-refractivity contribution in [1.29, 1.82) is 0 Å². The van der Waals surface area contributed by atoms with Gasteiger partial charge in [-0.25, -0.2) is 0 Å². The van der Waals surface area contributed by atoms with Gasteiger partial charge in [-0.05, 0) is 75.5 Å². The maximum Gasteiger partial charge on any atom is 0.309 e. The van der Waals surface area contributed by atoms with Crippen molar-refractivity contribution in [2.24, 2.45) is 29.6 Å². The minimum Gasteiger partial charge on any atom is -0.462 e. The molecule has 3 atom stereocenters. The molecule has 2 heteroatoms. The molecule has 2 nitrogen and oxygen atoms in total. The standard InChI is InChI=1S/C22H42O2/c1-7-20(22(23)24-19(6)12-8-16(2)3)15-11-18(5)21-13-9-17(4)10-14-21/h16-21H,7-15H2,1-6H3. The summed E-state index contributed by atoms with van der Waals surface area (Å²) in [6.07, 6.45) is 10.8. The minimum absolute atomic E-state index is 0.0400. The van der Waals surface area contributed by atoms with Crippen molar-refractivity contribution in [3.8, 4) is 0 Å². The second-order valence-corrected chi connectivity index (χ2v) is 8.90. The molecular formula is C22H42O2. The number of hydrogen-bond donors (Lipinski definition) is 0. The number of ether oxygens (including phenoxy) is 1. The molecule has 0 aliphatic heterocycles. The van der Waals surface area contributed by atoms with Crippen LogP contribution in [0.15, 0.2) is 0 Å². The lowest BCUT2D eigenvalue weighted by atomic mass is 9.75. The summed E-state index contributed by atoms with van der Waals surface area (Å²) in [5, 5.41) is 0. The number of carbonyl (C=O) groups is 1. The summed E-state index contributed by atoms with van der Waals surface area (Å²) in [6, 6.07) is 0. The monoisotopic (exact) mass is 338 g/mol. The van der Waals surface area contributed by atoms with Crippen molar-refractivity contribution in [3.05, 3.63) is 0 Å². The Labute approximate surface area is 151 Å². The predicted molar refractivity (Wildman–Crippen MR) is 103 cm³/mol. The fraction of sp³-hybridized carbons (Fsp3) is 0.955. The molecule has 0 spiro atoms. The fourth-order valence-electron chi connectivity index (χ4n) is 3.96. The van der Waals surface area contributed by atoms with Gasteiger partial charge in [0.2, 0.25) is 0 Å². The summed E-state index contributed by atoms with van der Waals surface area (Å²) in [6.45, 7) is 13.4. The van der Waals surface area contributed by atoms with E-state index in [1.165, 1.54) is 32.1 Å². The first-order chi connectivity index (χ1) is 11.3. The molecule has 0 radical (unpaired) electrons. The van der Waals surface area contributed by atoms with Crippen LogP contribution in [0.2, 0.25) is 0 Å². The van der Waals surface area contributed by atoms with Crippen LogP contribution in [-0.2, 0) is 9.53 Å². The normalized spacial score (nSPS) is 25.3. The van der Waals surface area contributed by atoms with E-state index < -0.39 is 0 Å². The van der Waals surface area contributed by atoms with Crippen molar-refractivity contribution in [3.63, 3.8) is 0 Å². The summed E-state index contributed by atoms with van der Waals surface area (Å²) in [4.78, 5) is 12.4.